The lowest BCUT2D eigenvalue weighted by atomic mass is 10.1. The highest BCUT2D eigenvalue weighted by Crippen LogP contribution is 2.33. The SMILES string of the molecule is N#C/C(=C\c1cc(Br)cc(Br)c1O)C(=O)NCCc1ccccc1. The smallest absolute Gasteiger partial charge is 0.261 e. The van der Waals surface area contributed by atoms with Crippen molar-refractivity contribution >= 4 is 43.8 Å². The van der Waals surface area contributed by atoms with Gasteiger partial charge in [0.15, 0.2) is 0 Å². The van der Waals surface area contributed by atoms with E-state index in [0.717, 1.165) is 10.0 Å². The average molecular weight is 450 g/mol. The highest BCUT2D eigenvalue weighted by Gasteiger charge is 2.12. The number of nitriles is 1. The van der Waals surface area contributed by atoms with Crippen molar-refractivity contribution in [2.45, 2.75) is 6.42 Å². The van der Waals surface area contributed by atoms with Crippen LogP contribution in [0.5, 0.6) is 5.75 Å². The van der Waals surface area contributed by atoms with Gasteiger partial charge in [0, 0.05) is 16.6 Å². The molecule has 122 valence electrons. The number of carbonyl (C=O) groups excluding carboxylic acids is 1. The molecule has 0 radical (unpaired) electrons. The third kappa shape index (κ3) is 4.95. The first-order valence-electron chi connectivity index (χ1n) is 7.13. The Morgan fingerprint density at radius 3 is 2.62 bits per heavy atom. The van der Waals surface area contributed by atoms with Gasteiger partial charge in [0.25, 0.3) is 5.91 Å². The van der Waals surface area contributed by atoms with E-state index < -0.39 is 5.91 Å². The van der Waals surface area contributed by atoms with Gasteiger partial charge in [-0.15, -0.1) is 0 Å². The molecule has 0 unspecified atom stereocenters. The topological polar surface area (TPSA) is 73.1 Å². The minimum atomic E-state index is -0.469. The third-order valence-corrected chi connectivity index (χ3v) is 4.33. The van der Waals surface area contributed by atoms with Crippen LogP contribution in [0.1, 0.15) is 11.1 Å². The zero-order valence-electron chi connectivity index (χ0n) is 12.6. The van der Waals surface area contributed by atoms with Crippen LogP contribution < -0.4 is 5.32 Å². The maximum absolute atomic E-state index is 12.1. The number of benzene rings is 2. The lowest BCUT2D eigenvalue weighted by Crippen LogP contribution is -2.26. The minimum absolute atomic E-state index is 0.0250. The molecule has 2 aromatic carbocycles. The normalized spacial score (nSPS) is 11.0. The minimum Gasteiger partial charge on any atom is -0.506 e. The second-order valence-electron chi connectivity index (χ2n) is 4.99. The Kier molecular flexibility index (Phi) is 6.59. The molecular weight excluding hydrogens is 436 g/mol. The number of rotatable bonds is 5. The Hall–Kier alpha value is -2.10. The van der Waals surface area contributed by atoms with Crippen molar-refractivity contribution in [1.29, 1.82) is 5.26 Å². The van der Waals surface area contributed by atoms with Gasteiger partial charge in [-0.1, -0.05) is 46.3 Å². The van der Waals surface area contributed by atoms with E-state index in [0.29, 0.717) is 23.0 Å². The Bertz CT molecular complexity index is 812. The molecule has 1 amide bonds. The number of amides is 1. The van der Waals surface area contributed by atoms with Crippen LogP contribution in [-0.2, 0) is 11.2 Å². The van der Waals surface area contributed by atoms with Crippen LogP contribution in [-0.4, -0.2) is 17.6 Å². The summed E-state index contributed by atoms with van der Waals surface area (Å²) in [4.78, 5) is 12.1. The summed E-state index contributed by atoms with van der Waals surface area (Å²) in [6, 6.07) is 14.9. The number of nitrogens with one attached hydrogen (secondary N) is 1. The van der Waals surface area contributed by atoms with Crippen molar-refractivity contribution < 1.29 is 9.90 Å². The van der Waals surface area contributed by atoms with Gasteiger partial charge >= 0.3 is 0 Å². The highest BCUT2D eigenvalue weighted by atomic mass is 79.9. The molecular formula is C18H14Br2N2O2. The molecule has 0 aliphatic heterocycles. The maximum Gasteiger partial charge on any atom is 0.261 e. The van der Waals surface area contributed by atoms with E-state index in [4.69, 9.17) is 0 Å². The van der Waals surface area contributed by atoms with Crippen LogP contribution in [0.15, 0.2) is 57.0 Å². The van der Waals surface area contributed by atoms with Gasteiger partial charge in [0.05, 0.1) is 4.47 Å². The molecule has 0 fully saturated rings. The molecule has 6 heteroatoms. The number of halogens is 2. The number of aromatic hydroxyl groups is 1. The second-order valence-corrected chi connectivity index (χ2v) is 6.76. The van der Waals surface area contributed by atoms with Crippen molar-refractivity contribution in [3.05, 3.63) is 68.1 Å². The lowest BCUT2D eigenvalue weighted by Gasteiger charge is -2.06. The molecule has 24 heavy (non-hydrogen) atoms. The van der Waals surface area contributed by atoms with Crippen molar-refractivity contribution in [1.82, 2.24) is 5.32 Å². The van der Waals surface area contributed by atoms with Crippen molar-refractivity contribution in [2.75, 3.05) is 6.54 Å². The molecule has 0 aromatic heterocycles. The number of phenolic OH excluding ortho intramolecular Hbond substituents is 1. The summed E-state index contributed by atoms with van der Waals surface area (Å²) in [5.74, 6) is -0.494. The zero-order chi connectivity index (χ0) is 17.5. The summed E-state index contributed by atoms with van der Waals surface area (Å²) in [6.07, 6.45) is 2.04. The quantitative estimate of drug-likeness (QED) is 0.531. The number of carbonyl (C=O) groups is 1. The van der Waals surface area contributed by atoms with Gasteiger partial charge in [-0.3, -0.25) is 4.79 Å². The van der Waals surface area contributed by atoms with Crippen LogP contribution in [0.25, 0.3) is 6.08 Å². The first-order valence-corrected chi connectivity index (χ1v) is 8.72. The first kappa shape index (κ1) is 18.2. The van der Waals surface area contributed by atoms with Crippen molar-refractivity contribution in [3.63, 3.8) is 0 Å². The lowest BCUT2D eigenvalue weighted by molar-refractivity contribution is -0.117. The van der Waals surface area contributed by atoms with Crippen LogP contribution in [0.3, 0.4) is 0 Å². The van der Waals surface area contributed by atoms with Gasteiger partial charge in [-0.05, 0) is 46.1 Å². The predicted molar refractivity (Wildman–Crippen MR) is 100 cm³/mol. The van der Waals surface area contributed by atoms with Crippen molar-refractivity contribution in [3.8, 4) is 11.8 Å². The first-order chi connectivity index (χ1) is 11.5. The summed E-state index contributed by atoms with van der Waals surface area (Å²) < 4.78 is 1.20. The summed E-state index contributed by atoms with van der Waals surface area (Å²) in [5.41, 5.74) is 1.42. The molecule has 0 spiro atoms. The van der Waals surface area contributed by atoms with Gasteiger partial charge in [0.1, 0.15) is 17.4 Å². The molecule has 0 aliphatic carbocycles. The maximum atomic E-state index is 12.1. The van der Waals surface area contributed by atoms with E-state index in [2.05, 4.69) is 37.2 Å². The van der Waals surface area contributed by atoms with E-state index >= 15 is 0 Å². The Morgan fingerprint density at radius 2 is 1.96 bits per heavy atom. The fourth-order valence-corrected chi connectivity index (χ4v) is 3.32. The largest absolute Gasteiger partial charge is 0.506 e. The fourth-order valence-electron chi connectivity index (χ4n) is 2.06. The van der Waals surface area contributed by atoms with Crippen LogP contribution in [0, 0.1) is 11.3 Å². The fraction of sp³-hybridized carbons (Fsp3) is 0.111. The Morgan fingerprint density at radius 1 is 1.25 bits per heavy atom. The number of nitrogens with zero attached hydrogens (tertiary/aromatic N) is 1. The molecule has 0 bridgehead atoms. The standard InChI is InChI=1S/C18H14Br2N2O2/c19-15-9-13(17(23)16(20)10-15)8-14(11-21)18(24)22-7-6-12-4-2-1-3-5-12/h1-5,8-10,23H,6-7H2,(H,22,24)/b14-8+. The third-order valence-electron chi connectivity index (χ3n) is 3.26. The molecule has 2 N–H and O–H groups in total. The number of hydrogen-bond acceptors (Lipinski definition) is 3. The van der Waals surface area contributed by atoms with Crippen LogP contribution in [0.2, 0.25) is 0 Å². The van der Waals surface area contributed by atoms with Gasteiger partial charge < -0.3 is 10.4 Å². The Labute approximate surface area is 157 Å². The molecule has 2 aromatic rings. The van der Waals surface area contributed by atoms with Crippen LogP contribution in [0.4, 0.5) is 0 Å². The molecule has 0 atom stereocenters. The second kappa shape index (κ2) is 8.67. The van der Waals surface area contributed by atoms with E-state index in [1.54, 1.807) is 12.1 Å². The van der Waals surface area contributed by atoms with E-state index in [9.17, 15) is 15.2 Å². The van der Waals surface area contributed by atoms with E-state index in [1.807, 2.05) is 36.4 Å². The summed E-state index contributed by atoms with van der Waals surface area (Å²) in [6.45, 7) is 0.427. The van der Waals surface area contributed by atoms with E-state index in [1.165, 1.54) is 6.08 Å². The van der Waals surface area contributed by atoms with Crippen molar-refractivity contribution in [2.24, 2.45) is 0 Å². The van der Waals surface area contributed by atoms with Gasteiger partial charge in [0.2, 0.25) is 0 Å². The van der Waals surface area contributed by atoms with Crippen LogP contribution >= 0.6 is 31.9 Å². The monoisotopic (exact) mass is 448 g/mol. The van der Waals surface area contributed by atoms with E-state index in [-0.39, 0.29) is 11.3 Å². The Balaban J connectivity index is 2.08. The number of hydrogen-bond donors (Lipinski definition) is 2. The molecule has 0 saturated carbocycles. The van der Waals surface area contributed by atoms with Gasteiger partial charge in [-0.2, -0.15) is 5.26 Å². The molecule has 0 aliphatic rings. The number of phenols is 1. The summed E-state index contributed by atoms with van der Waals surface area (Å²) in [5, 5.41) is 22.0. The average Bonchev–Trinajstić information content (AvgIpc) is 2.57. The molecule has 2 rings (SSSR count). The predicted octanol–water partition coefficient (Wildman–Crippen LogP) is 4.18. The molecule has 0 heterocycles. The zero-order valence-corrected chi connectivity index (χ0v) is 15.8. The molecule has 0 saturated heterocycles. The molecule has 4 nitrogen and oxygen atoms in total. The highest BCUT2D eigenvalue weighted by molar-refractivity contribution is 9.11. The summed E-state index contributed by atoms with van der Waals surface area (Å²) >= 11 is 6.53. The summed E-state index contributed by atoms with van der Waals surface area (Å²) in [7, 11) is 0. The van der Waals surface area contributed by atoms with Gasteiger partial charge in [-0.25, -0.2) is 0 Å².